The highest BCUT2D eigenvalue weighted by atomic mass is 35.5. The predicted octanol–water partition coefficient (Wildman–Crippen LogP) is 1.74. The van der Waals surface area contributed by atoms with E-state index in [0.717, 1.165) is 30.8 Å². The standard InChI is InChI=1S/C10H16N4OS.ClH/c1-3-10(5-4-6-11-10)8(15)12-9-14-13-7(2)16-9;/h11H,3-6H2,1-2H3,(H,12,14,15);1H. The van der Waals surface area contributed by atoms with Gasteiger partial charge in [-0.25, -0.2) is 0 Å². The van der Waals surface area contributed by atoms with Crippen LogP contribution >= 0.6 is 23.7 Å². The Bertz CT molecular complexity index is 389. The van der Waals surface area contributed by atoms with Crippen molar-refractivity contribution < 1.29 is 4.79 Å². The first-order valence-corrected chi connectivity index (χ1v) is 6.34. The first kappa shape index (κ1) is 14.3. The van der Waals surface area contributed by atoms with Crippen molar-refractivity contribution in [1.82, 2.24) is 15.5 Å². The molecule has 2 rings (SSSR count). The molecule has 2 heterocycles. The van der Waals surface area contributed by atoms with E-state index >= 15 is 0 Å². The van der Waals surface area contributed by atoms with Gasteiger partial charge in [-0.1, -0.05) is 18.3 Å². The number of carbonyl (C=O) groups excluding carboxylic acids is 1. The quantitative estimate of drug-likeness (QED) is 0.882. The summed E-state index contributed by atoms with van der Waals surface area (Å²) in [5, 5.41) is 15.4. The third-order valence-electron chi connectivity index (χ3n) is 3.03. The number of amides is 1. The number of rotatable bonds is 3. The molecule has 1 atom stereocenters. The van der Waals surface area contributed by atoms with Gasteiger partial charge in [0.15, 0.2) is 0 Å². The van der Waals surface area contributed by atoms with E-state index in [1.807, 2.05) is 13.8 Å². The topological polar surface area (TPSA) is 66.9 Å². The highest BCUT2D eigenvalue weighted by molar-refractivity contribution is 7.15. The van der Waals surface area contributed by atoms with E-state index in [4.69, 9.17) is 0 Å². The van der Waals surface area contributed by atoms with Gasteiger partial charge in [0.1, 0.15) is 5.01 Å². The van der Waals surface area contributed by atoms with Gasteiger partial charge in [0, 0.05) is 0 Å². The average molecular weight is 277 g/mol. The van der Waals surface area contributed by atoms with Gasteiger partial charge in [-0.15, -0.1) is 22.6 Å². The molecule has 5 nitrogen and oxygen atoms in total. The van der Waals surface area contributed by atoms with Crippen LogP contribution in [0, 0.1) is 6.92 Å². The fourth-order valence-electron chi connectivity index (χ4n) is 2.03. The number of anilines is 1. The Morgan fingerprint density at radius 3 is 2.82 bits per heavy atom. The number of carbonyl (C=O) groups is 1. The van der Waals surface area contributed by atoms with Gasteiger partial charge in [-0.2, -0.15) is 0 Å². The SMILES string of the molecule is CCC1(C(=O)Nc2nnc(C)s2)CCCN1.Cl. The normalized spacial score (nSPS) is 23.2. The zero-order chi connectivity index (χ0) is 11.6. The van der Waals surface area contributed by atoms with Crippen molar-refractivity contribution >= 4 is 34.8 Å². The van der Waals surface area contributed by atoms with Gasteiger partial charge in [-0.3, -0.25) is 10.1 Å². The number of aryl methyl sites for hydroxylation is 1. The molecular formula is C10H17ClN4OS. The van der Waals surface area contributed by atoms with Crippen molar-refractivity contribution in [3.63, 3.8) is 0 Å². The lowest BCUT2D eigenvalue weighted by Crippen LogP contribution is -2.50. The molecule has 1 aromatic rings. The highest BCUT2D eigenvalue weighted by Crippen LogP contribution is 2.25. The summed E-state index contributed by atoms with van der Waals surface area (Å²) >= 11 is 1.40. The summed E-state index contributed by atoms with van der Waals surface area (Å²) in [6.45, 7) is 4.82. The largest absolute Gasteiger partial charge is 0.303 e. The van der Waals surface area contributed by atoms with Gasteiger partial charge in [-0.05, 0) is 32.7 Å². The number of aromatic nitrogens is 2. The first-order valence-electron chi connectivity index (χ1n) is 5.53. The third-order valence-corrected chi connectivity index (χ3v) is 3.78. The number of hydrogen-bond donors (Lipinski definition) is 2. The Kier molecular flexibility index (Phi) is 4.85. The van der Waals surface area contributed by atoms with E-state index in [1.165, 1.54) is 11.3 Å². The summed E-state index contributed by atoms with van der Waals surface area (Å²) in [5.74, 6) is 0.0173. The lowest BCUT2D eigenvalue weighted by Gasteiger charge is -2.25. The van der Waals surface area contributed by atoms with Crippen molar-refractivity contribution in [2.45, 2.75) is 38.6 Å². The second kappa shape index (κ2) is 5.75. The molecule has 1 aliphatic rings. The van der Waals surface area contributed by atoms with E-state index in [0.29, 0.717) is 5.13 Å². The number of hydrogen-bond acceptors (Lipinski definition) is 5. The summed E-state index contributed by atoms with van der Waals surface area (Å²) in [7, 11) is 0. The zero-order valence-electron chi connectivity index (χ0n) is 9.95. The molecule has 0 bridgehead atoms. The minimum atomic E-state index is -0.403. The molecule has 96 valence electrons. The van der Waals surface area contributed by atoms with Crippen LogP contribution in [0.2, 0.25) is 0 Å². The second-order valence-electron chi connectivity index (χ2n) is 4.05. The van der Waals surface area contributed by atoms with Gasteiger partial charge >= 0.3 is 0 Å². The number of nitrogens with one attached hydrogen (secondary N) is 2. The van der Waals surface area contributed by atoms with Crippen molar-refractivity contribution in [2.75, 3.05) is 11.9 Å². The van der Waals surface area contributed by atoms with Crippen LogP contribution in [0.25, 0.3) is 0 Å². The Morgan fingerprint density at radius 1 is 1.59 bits per heavy atom. The molecule has 0 radical (unpaired) electrons. The molecule has 1 unspecified atom stereocenters. The average Bonchev–Trinajstić information content (AvgIpc) is 2.88. The lowest BCUT2D eigenvalue weighted by atomic mass is 9.93. The summed E-state index contributed by atoms with van der Waals surface area (Å²) in [5.41, 5.74) is -0.403. The van der Waals surface area contributed by atoms with Crippen LogP contribution in [-0.4, -0.2) is 28.2 Å². The van der Waals surface area contributed by atoms with Gasteiger partial charge < -0.3 is 5.32 Å². The molecule has 0 spiro atoms. The predicted molar refractivity (Wildman–Crippen MR) is 70.8 cm³/mol. The monoisotopic (exact) mass is 276 g/mol. The molecule has 1 amide bonds. The van der Waals surface area contributed by atoms with E-state index in [9.17, 15) is 4.79 Å². The van der Waals surface area contributed by atoms with Crippen LogP contribution in [-0.2, 0) is 4.79 Å². The van der Waals surface area contributed by atoms with Crippen LogP contribution in [0.1, 0.15) is 31.2 Å². The van der Waals surface area contributed by atoms with Crippen molar-refractivity contribution in [1.29, 1.82) is 0 Å². The maximum atomic E-state index is 12.1. The Hall–Kier alpha value is -0.720. The minimum Gasteiger partial charge on any atom is -0.303 e. The van der Waals surface area contributed by atoms with E-state index < -0.39 is 5.54 Å². The molecule has 1 aliphatic heterocycles. The Morgan fingerprint density at radius 2 is 2.35 bits per heavy atom. The molecule has 2 N–H and O–H groups in total. The van der Waals surface area contributed by atoms with Gasteiger partial charge in [0.25, 0.3) is 0 Å². The van der Waals surface area contributed by atoms with Crippen LogP contribution in [0.3, 0.4) is 0 Å². The molecule has 0 saturated carbocycles. The van der Waals surface area contributed by atoms with Crippen molar-refractivity contribution in [3.8, 4) is 0 Å². The maximum absolute atomic E-state index is 12.1. The van der Waals surface area contributed by atoms with Crippen molar-refractivity contribution in [2.24, 2.45) is 0 Å². The molecule has 1 fully saturated rings. The lowest BCUT2D eigenvalue weighted by molar-refractivity contribution is -0.122. The third kappa shape index (κ3) is 2.94. The Balaban J connectivity index is 0.00000144. The van der Waals surface area contributed by atoms with Crippen LogP contribution in [0.5, 0.6) is 0 Å². The maximum Gasteiger partial charge on any atom is 0.246 e. The number of halogens is 1. The van der Waals surface area contributed by atoms with Gasteiger partial charge in [0.2, 0.25) is 11.0 Å². The van der Waals surface area contributed by atoms with Crippen LogP contribution < -0.4 is 10.6 Å². The van der Waals surface area contributed by atoms with Crippen LogP contribution in [0.15, 0.2) is 0 Å². The summed E-state index contributed by atoms with van der Waals surface area (Å²) in [6.07, 6.45) is 2.75. The molecule has 7 heteroatoms. The zero-order valence-corrected chi connectivity index (χ0v) is 11.6. The Labute approximate surface area is 111 Å². The molecule has 1 aromatic heterocycles. The molecule has 0 aliphatic carbocycles. The van der Waals surface area contributed by atoms with E-state index in [1.54, 1.807) is 0 Å². The van der Waals surface area contributed by atoms with Crippen LogP contribution in [0.4, 0.5) is 5.13 Å². The fourth-order valence-corrected chi connectivity index (χ4v) is 2.61. The molecule has 0 aromatic carbocycles. The first-order chi connectivity index (χ1) is 7.66. The van der Waals surface area contributed by atoms with E-state index in [-0.39, 0.29) is 18.3 Å². The molecular weight excluding hydrogens is 260 g/mol. The molecule has 1 saturated heterocycles. The van der Waals surface area contributed by atoms with E-state index in [2.05, 4.69) is 20.8 Å². The summed E-state index contributed by atoms with van der Waals surface area (Å²) in [4.78, 5) is 12.1. The second-order valence-corrected chi connectivity index (χ2v) is 5.23. The van der Waals surface area contributed by atoms with Crippen molar-refractivity contribution in [3.05, 3.63) is 5.01 Å². The summed E-state index contributed by atoms with van der Waals surface area (Å²) in [6, 6.07) is 0. The number of nitrogens with zero attached hydrogens (tertiary/aromatic N) is 2. The minimum absolute atomic E-state index is 0. The summed E-state index contributed by atoms with van der Waals surface area (Å²) < 4.78 is 0. The smallest absolute Gasteiger partial charge is 0.246 e. The highest BCUT2D eigenvalue weighted by Gasteiger charge is 2.39. The molecule has 17 heavy (non-hydrogen) atoms. The fraction of sp³-hybridized carbons (Fsp3) is 0.700. The van der Waals surface area contributed by atoms with Gasteiger partial charge in [0.05, 0.1) is 5.54 Å².